The van der Waals surface area contributed by atoms with Gasteiger partial charge in [-0.25, -0.2) is 4.98 Å². The number of amides is 1. The maximum absolute atomic E-state index is 12.6. The van der Waals surface area contributed by atoms with Crippen molar-refractivity contribution >= 4 is 23.4 Å². The lowest BCUT2D eigenvalue weighted by Gasteiger charge is -2.12. The Balaban J connectivity index is 1.54. The zero-order valence-corrected chi connectivity index (χ0v) is 18.4. The van der Waals surface area contributed by atoms with Crippen LogP contribution in [0.2, 0.25) is 0 Å². The third-order valence-electron chi connectivity index (χ3n) is 5.02. The zero-order valence-electron chi connectivity index (χ0n) is 17.6. The lowest BCUT2D eigenvalue weighted by atomic mass is 10.1. The summed E-state index contributed by atoms with van der Waals surface area (Å²) in [6, 6.07) is 25.9. The van der Waals surface area contributed by atoms with Crippen LogP contribution in [-0.2, 0) is 11.2 Å². The van der Waals surface area contributed by atoms with Crippen molar-refractivity contribution in [2.24, 2.45) is 0 Å². The summed E-state index contributed by atoms with van der Waals surface area (Å²) in [5, 5.41) is 3.54. The highest BCUT2D eigenvalue weighted by Gasteiger charge is 2.18. The molecule has 156 valence electrons. The smallest absolute Gasteiger partial charge is 0.257 e. The second-order valence-electron chi connectivity index (χ2n) is 7.19. The van der Waals surface area contributed by atoms with E-state index in [4.69, 9.17) is 9.40 Å². The number of carbonyl (C=O) groups excluding carboxylic acids is 1. The molecule has 1 N–H and O–H groups in total. The van der Waals surface area contributed by atoms with E-state index in [0.29, 0.717) is 11.0 Å². The molecule has 3 aromatic carbocycles. The van der Waals surface area contributed by atoms with Crippen LogP contribution in [-0.4, -0.2) is 16.6 Å². The first-order valence-electron chi connectivity index (χ1n) is 10.3. The van der Waals surface area contributed by atoms with Crippen molar-refractivity contribution in [2.45, 2.75) is 25.5 Å². The Morgan fingerprint density at radius 1 is 0.935 bits per heavy atom. The van der Waals surface area contributed by atoms with E-state index in [1.54, 1.807) is 0 Å². The molecule has 0 spiro atoms. The van der Waals surface area contributed by atoms with Gasteiger partial charge in [0.25, 0.3) is 5.22 Å². The van der Waals surface area contributed by atoms with Gasteiger partial charge < -0.3 is 9.73 Å². The number of para-hydroxylation sites is 1. The van der Waals surface area contributed by atoms with E-state index in [1.165, 1.54) is 11.8 Å². The minimum Gasteiger partial charge on any atom is -0.431 e. The maximum Gasteiger partial charge on any atom is 0.257 e. The predicted octanol–water partition coefficient (Wildman–Crippen LogP) is 6.61. The molecular formula is C26H24N2O2S. The SMILES string of the molecule is CCc1cccc(C)c1NC(=O)CSc1nc(-c2ccccc2)c(-c2ccccc2)o1. The van der Waals surface area contributed by atoms with E-state index in [-0.39, 0.29) is 11.7 Å². The van der Waals surface area contributed by atoms with E-state index in [0.717, 1.165) is 40.1 Å². The minimum atomic E-state index is -0.0743. The fourth-order valence-electron chi connectivity index (χ4n) is 3.44. The summed E-state index contributed by atoms with van der Waals surface area (Å²) >= 11 is 1.30. The molecule has 0 saturated heterocycles. The highest BCUT2D eigenvalue weighted by Crippen LogP contribution is 2.35. The second kappa shape index (κ2) is 9.67. The first kappa shape index (κ1) is 20.9. The molecule has 31 heavy (non-hydrogen) atoms. The first-order chi connectivity index (χ1) is 15.2. The zero-order chi connectivity index (χ0) is 21.6. The van der Waals surface area contributed by atoms with Gasteiger partial charge in [-0.2, -0.15) is 0 Å². The summed E-state index contributed by atoms with van der Waals surface area (Å²) in [7, 11) is 0. The van der Waals surface area contributed by atoms with Crippen molar-refractivity contribution in [3.8, 4) is 22.6 Å². The molecule has 5 heteroatoms. The van der Waals surface area contributed by atoms with Crippen LogP contribution >= 0.6 is 11.8 Å². The minimum absolute atomic E-state index is 0.0743. The summed E-state index contributed by atoms with van der Waals surface area (Å²) in [4.78, 5) is 17.3. The number of anilines is 1. The Bertz CT molecular complexity index is 1110. The number of hydrogen-bond donors (Lipinski definition) is 1. The lowest BCUT2D eigenvalue weighted by molar-refractivity contribution is -0.113. The largest absolute Gasteiger partial charge is 0.431 e. The number of nitrogens with one attached hydrogen (secondary N) is 1. The molecule has 0 atom stereocenters. The summed E-state index contributed by atoms with van der Waals surface area (Å²) in [5.41, 5.74) is 5.81. The van der Waals surface area contributed by atoms with Crippen LogP contribution in [0.15, 0.2) is 88.5 Å². The molecule has 1 aromatic heterocycles. The number of benzene rings is 3. The average Bonchev–Trinajstić information content (AvgIpc) is 3.25. The molecule has 0 unspecified atom stereocenters. The van der Waals surface area contributed by atoms with E-state index in [1.807, 2.05) is 85.8 Å². The van der Waals surface area contributed by atoms with Crippen LogP contribution in [0.25, 0.3) is 22.6 Å². The molecule has 0 aliphatic heterocycles. The maximum atomic E-state index is 12.6. The van der Waals surface area contributed by atoms with Crippen molar-refractivity contribution in [1.29, 1.82) is 0 Å². The van der Waals surface area contributed by atoms with Crippen LogP contribution in [0.1, 0.15) is 18.1 Å². The van der Waals surface area contributed by atoms with Gasteiger partial charge in [-0.15, -0.1) is 0 Å². The Kier molecular flexibility index (Phi) is 6.53. The van der Waals surface area contributed by atoms with E-state index in [2.05, 4.69) is 12.2 Å². The number of thioether (sulfide) groups is 1. The summed E-state index contributed by atoms with van der Waals surface area (Å²) < 4.78 is 6.10. The summed E-state index contributed by atoms with van der Waals surface area (Å²) in [6.45, 7) is 4.09. The van der Waals surface area contributed by atoms with E-state index >= 15 is 0 Å². The standard InChI is InChI=1S/C26H24N2O2S/c1-3-19-16-10-11-18(2)23(19)27-22(29)17-31-26-28-24(20-12-6-4-7-13-20)25(30-26)21-14-8-5-9-15-21/h4-16H,3,17H2,1-2H3,(H,27,29). The average molecular weight is 429 g/mol. The van der Waals surface area contributed by atoms with Gasteiger partial charge >= 0.3 is 0 Å². The third-order valence-corrected chi connectivity index (χ3v) is 5.85. The molecule has 0 aliphatic carbocycles. The Labute approximate surface area is 186 Å². The first-order valence-corrected chi connectivity index (χ1v) is 11.3. The quantitative estimate of drug-likeness (QED) is 0.337. The van der Waals surface area contributed by atoms with Crippen LogP contribution < -0.4 is 5.32 Å². The molecule has 1 amide bonds. The van der Waals surface area contributed by atoms with Crippen LogP contribution in [0, 0.1) is 6.92 Å². The molecule has 4 aromatic rings. The fraction of sp³-hybridized carbons (Fsp3) is 0.154. The number of nitrogens with zero attached hydrogens (tertiary/aromatic N) is 1. The third kappa shape index (κ3) is 4.89. The molecule has 0 radical (unpaired) electrons. The fourth-order valence-corrected chi connectivity index (χ4v) is 4.07. The Hall–Kier alpha value is -3.31. The van der Waals surface area contributed by atoms with Gasteiger partial charge in [0.05, 0.1) is 5.75 Å². The Morgan fingerprint density at radius 3 is 2.29 bits per heavy atom. The number of rotatable bonds is 7. The van der Waals surface area contributed by atoms with Gasteiger partial charge in [-0.05, 0) is 24.5 Å². The van der Waals surface area contributed by atoms with Gasteiger partial charge in [0.1, 0.15) is 5.69 Å². The van der Waals surface area contributed by atoms with Crippen molar-refractivity contribution in [2.75, 3.05) is 11.1 Å². The molecule has 0 saturated carbocycles. The van der Waals surface area contributed by atoms with Gasteiger partial charge in [-0.1, -0.05) is 97.5 Å². The second-order valence-corrected chi connectivity index (χ2v) is 8.12. The van der Waals surface area contributed by atoms with Gasteiger partial charge in [-0.3, -0.25) is 4.79 Å². The number of aromatic nitrogens is 1. The highest BCUT2D eigenvalue weighted by atomic mass is 32.2. The number of oxazole rings is 1. The molecule has 4 rings (SSSR count). The Morgan fingerprint density at radius 2 is 1.61 bits per heavy atom. The monoisotopic (exact) mass is 428 g/mol. The van der Waals surface area contributed by atoms with Gasteiger partial charge in [0.2, 0.25) is 5.91 Å². The van der Waals surface area contributed by atoms with E-state index in [9.17, 15) is 4.79 Å². The summed E-state index contributed by atoms with van der Waals surface area (Å²) in [5.74, 6) is 0.858. The molecule has 0 fully saturated rings. The number of hydrogen-bond acceptors (Lipinski definition) is 4. The van der Waals surface area contributed by atoms with Gasteiger partial charge in [0.15, 0.2) is 5.76 Å². The van der Waals surface area contributed by atoms with Crippen LogP contribution in [0.4, 0.5) is 5.69 Å². The van der Waals surface area contributed by atoms with Crippen molar-refractivity contribution in [3.05, 3.63) is 90.0 Å². The van der Waals surface area contributed by atoms with Crippen LogP contribution in [0.3, 0.4) is 0 Å². The topological polar surface area (TPSA) is 55.1 Å². The summed E-state index contributed by atoms with van der Waals surface area (Å²) in [6.07, 6.45) is 0.866. The van der Waals surface area contributed by atoms with Crippen molar-refractivity contribution in [3.63, 3.8) is 0 Å². The van der Waals surface area contributed by atoms with Crippen LogP contribution in [0.5, 0.6) is 0 Å². The van der Waals surface area contributed by atoms with Crippen molar-refractivity contribution < 1.29 is 9.21 Å². The van der Waals surface area contributed by atoms with Crippen molar-refractivity contribution in [1.82, 2.24) is 4.98 Å². The molecule has 0 bridgehead atoms. The lowest BCUT2D eigenvalue weighted by Crippen LogP contribution is -2.16. The van der Waals surface area contributed by atoms with Gasteiger partial charge in [0, 0.05) is 16.8 Å². The molecular weight excluding hydrogens is 404 g/mol. The predicted molar refractivity (Wildman–Crippen MR) is 127 cm³/mol. The molecule has 0 aliphatic rings. The molecule has 4 nitrogen and oxygen atoms in total. The van der Waals surface area contributed by atoms with E-state index < -0.39 is 0 Å². The molecule has 1 heterocycles. The highest BCUT2D eigenvalue weighted by molar-refractivity contribution is 7.99. The number of carbonyl (C=O) groups is 1. The number of aryl methyl sites for hydroxylation is 2. The normalized spacial score (nSPS) is 10.8.